The second-order valence-electron chi connectivity index (χ2n) is 4.08. The van der Waals surface area contributed by atoms with E-state index in [1.807, 2.05) is 0 Å². The van der Waals surface area contributed by atoms with E-state index in [1.54, 1.807) is 0 Å². The first-order valence-corrected chi connectivity index (χ1v) is 5.56. The molecule has 0 amide bonds. The zero-order valence-corrected chi connectivity index (χ0v) is 9.73. The van der Waals surface area contributed by atoms with Gasteiger partial charge in [0.1, 0.15) is 6.10 Å². The highest BCUT2D eigenvalue weighted by atomic mass is 32.1. The molecule has 3 N–H and O–H groups in total. The van der Waals surface area contributed by atoms with Gasteiger partial charge in [-0.2, -0.15) is 4.98 Å². The predicted molar refractivity (Wildman–Crippen MR) is 57.1 cm³/mol. The van der Waals surface area contributed by atoms with Crippen molar-refractivity contribution in [2.24, 2.45) is 0 Å². The van der Waals surface area contributed by atoms with Gasteiger partial charge in [0.2, 0.25) is 4.77 Å². The number of ether oxygens (including phenoxy) is 2. The largest absolute Gasteiger partial charge is 0.394 e. The van der Waals surface area contributed by atoms with Crippen molar-refractivity contribution in [1.29, 1.82) is 0 Å². The van der Waals surface area contributed by atoms with Crippen molar-refractivity contribution in [3.8, 4) is 0 Å². The van der Waals surface area contributed by atoms with Crippen LogP contribution in [0.3, 0.4) is 0 Å². The quantitative estimate of drug-likeness (QED) is 0.588. The molecule has 0 spiro atoms. The standard InChI is InChI=1S/C9H9F2N3O3S/c10-3-1-14(8(18)13-7(3)12)9-6(17-9)5(11)4(2-15)16-9/h1,4-6,15H,2H2,(H2,12,13,18)/t4-,5+,6+,9?/m1/s1. The Kier molecular flexibility index (Phi) is 2.43. The Morgan fingerprint density at radius 3 is 2.94 bits per heavy atom. The number of nitrogen functional groups attached to an aromatic ring is 1. The molecule has 4 atom stereocenters. The lowest BCUT2D eigenvalue weighted by Crippen LogP contribution is -2.29. The molecule has 9 heteroatoms. The maximum absolute atomic E-state index is 13.7. The lowest BCUT2D eigenvalue weighted by Gasteiger charge is -2.18. The number of nitrogens with zero attached hydrogens (tertiary/aromatic N) is 2. The van der Waals surface area contributed by atoms with Gasteiger partial charge in [-0.3, -0.25) is 4.57 Å². The molecule has 2 aliphatic rings. The minimum absolute atomic E-state index is 0.0813. The minimum atomic E-state index is -1.51. The molecular formula is C9H9F2N3O3S. The zero-order chi connectivity index (χ0) is 13.1. The number of anilines is 1. The number of hydrogen-bond donors (Lipinski definition) is 2. The third-order valence-corrected chi connectivity index (χ3v) is 3.28. The average molecular weight is 277 g/mol. The Morgan fingerprint density at radius 1 is 1.61 bits per heavy atom. The molecule has 3 heterocycles. The lowest BCUT2D eigenvalue weighted by molar-refractivity contribution is -0.159. The van der Waals surface area contributed by atoms with E-state index in [4.69, 9.17) is 32.5 Å². The van der Waals surface area contributed by atoms with Crippen LogP contribution in [-0.4, -0.2) is 39.6 Å². The van der Waals surface area contributed by atoms with Crippen LogP contribution in [0.4, 0.5) is 14.6 Å². The minimum Gasteiger partial charge on any atom is -0.394 e. The van der Waals surface area contributed by atoms with Crippen LogP contribution < -0.4 is 5.73 Å². The Bertz CT molecular complexity index is 568. The number of halogens is 2. The molecular weight excluding hydrogens is 268 g/mol. The van der Waals surface area contributed by atoms with E-state index in [0.29, 0.717) is 0 Å². The topological polar surface area (TPSA) is 85.8 Å². The van der Waals surface area contributed by atoms with Gasteiger partial charge < -0.3 is 20.3 Å². The molecule has 98 valence electrons. The molecule has 1 unspecified atom stereocenters. The Morgan fingerprint density at radius 2 is 2.33 bits per heavy atom. The van der Waals surface area contributed by atoms with Crippen molar-refractivity contribution in [3.63, 3.8) is 0 Å². The summed E-state index contributed by atoms with van der Waals surface area (Å²) in [5.74, 6) is -2.66. The fraction of sp³-hybridized carbons (Fsp3) is 0.556. The molecule has 2 saturated heterocycles. The number of alkyl halides is 1. The number of aliphatic hydroxyl groups excluding tert-OH is 1. The van der Waals surface area contributed by atoms with Gasteiger partial charge in [-0.15, -0.1) is 0 Å². The Hall–Kier alpha value is -1.16. The van der Waals surface area contributed by atoms with Gasteiger partial charge >= 0.3 is 0 Å². The number of hydrogen-bond acceptors (Lipinski definition) is 6. The molecule has 1 aromatic heterocycles. The van der Waals surface area contributed by atoms with Crippen molar-refractivity contribution in [1.82, 2.24) is 9.55 Å². The summed E-state index contributed by atoms with van der Waals surface area (Å²) < 4.78 is 38.4. The highest BCUT2D eigenvalue weighted by Crippen LogP contribution is 2.53. The number of nitrogens with two attached hydrogens (primary N) is 1. The molecule has 0 aliphatic carbocycles. The van der Waals surface area contributed by atoms with Crippen molar-refractivity contribution < 1.29 is 23.4 Å². The maximum Gasteiger partial charge on any atom is 0.289 e. The molecule has 0 bridgehead atoms. The second-order valence-corrected chi connectivity index (χ2v) is 4.44. The lowest BCUT2D eigenvalue weighted by atomic mass is 10.2. The first-order chi connectivity index (χ1) is 8.49. The van der Waals surface area contributed by atoms with Crippen LogP contribution in [0.25, 0.3) is 0 Å². The van der Waals surface area contributed by atoms with Crippen LogP contribution in [0.15, 0.2) is 6.20 Å². The van der Waals surface area contributed by atoms with Gasteiger partial charge in [0, 0.05) is 0 Å². The first-order valence-electron chi connectivity index (χ1n) is 5.15. The molecule has 0 aromatic carbocycles. The third-order valence-electron chi connectivity index (χ3n) is 2.99. The van der Waals surface area contributed by atoms with Crippen molar-refractivity contribution in [2.75, 3.05) is 12.3 Å². The van der Waals surface area contributed by atoms with E-state index >= 15 is 0 Å². The van der Waals surface area contributed by atoms with Crippen molar-refractivity contribution in [3.05, 3.63) is 16.8 Å². The van der Waals surface area contributed by atoms with Gasteiger partial charge in [0.05, 0.1) is 12.8 Å². The number of aromatic nitrogens is 2. The monoisotopic (exact) mass is 277 g/mol. The summed E-state index contributed by atoms with van der Waals surface area (Å²) in [6, 6.07) is 0. The molecule has 0 radical (unpaired) electrons. The number of epoxide rings is 1. The van der Waals surface area contributed by atoms with Crippen LogP contribution in [-0.2, 0) is 15.4 Å². The fourth-order valence-corrected chi connectivity index (χ4v) is 2.32. The number of rotatable bonds is 2. The SMILES string of the molecule is Nc1nc(=S)n(C23O[C@H](CO)[C@H](F)[C@@H]2O3)cc1F. The smallest absolute Gasteiger partial charge is 0.289 e. The highest BCUT2D eigenvalue weighted by Gasteiger charge is 2.73. The zero-order valence-electron chi connectivity index (χ0n) is 8.92. The van der Waals surface area contributed by atoms with E-state index < -0.39 is 36.7 Å². The van der Waals surface area contributed by atoms with E-state index in [0.717, 1.165) is 10.8 Å². The average Bonchev–Trinajstić information content (AvgIpc) is 2.99. The summed E-state index contributed by atoms with van der Waals surface area (Å²) in [5.41, 5.74) is 5.26. The molecule has 2 aliphatic heterocycles. The van der Waals surface area contributed by atoms with Crippen LogP contribution >= 0.6 is 12.2 Å². The van der Waals surface area contributed by atoms with Gasteiger partial charge in [-0.25, -0.2) is 8.78 Å². The second kappa shape index (κ2) is 3.67. The highest BCUT2D eigenvalue weighted by molar-refractivity contribution is 7.71. The number of fused-ring (bicyclic) bond motifs is 1. The summed E-state index contributed by atoms with van der Waals surface area (Å²) in [4.78, 5) is 3.60. The molecule has 2 fully saturated rings. The molecule has 18 heavy (non-hydrogen) atoms. The van der Waals surface area contributed by atoms with E-state index in [2.05, 4.69) is 4.98 Å². The van der Waals surface area contributed by atoms with Gasteiger partial charge in [-0.05, 0) is 12.2 Å². The Labute approximate surface area is 105 Å². The molecule has 0 saturated carbocycles. The van der Waals surface area contributed by atoms with Crippen LogP contribution in [0, 0.1) is 10.6 Å². The summed E-state index contributed by atoms with van der Waals surface area (Å²) in [6.07, 6.45) is -2.49. The first kappa shape index (κ1) is 11.9. The van der Waals surface area contributed by atoms with Gasteiger partial charge in [-0.1, -0.05) is 0 Å². The summed E-state index contributed by atoms with van der Waals surface area (Å²) in [6.45, 7) is -0.499. The molecule has 6 nitrogen and oxygen atoms in total. The van der Waals surface area contributed by atoms with E-state index in [1.165, 1.54) is 0 Å². The Balaban J connectivity index is 2.03. The summed E-state index contributed by atoms with van der Waals surface area (Å²) in [5, 5.41) is 8.94. The van der Waals surface area contributed by atoms with Crippen LogP contribution in [0.2, 0.25) is 0 Å². The maximum atomic E-state index is 13.7. The third kappa shape index (κ3) is 1.41. The predicted octanol–water partition coefficient (Wildman–Crippen LogP) is 0.0722. The van der Waals surface area contributed by atoms with Gasteiger partial charge in [0.15, 0.2) is 23.9 Å². The summed E-state index contributed by atoms with van der Waals surface area (Å²) >= 11 is 4.91. The van der Waals surface area contributed by atoms with Gasteiger partial charge in [0.25, 0.3) is 5.91 Å². The fourth-order valence-electron chi connectivity index (χ4n) is 2.04. The molecule has 3 rings (SSSR count). The van der Waals surface area contributed by atoms with Crippen LogP contribution in [0.5, 0.6) is 0 Å². The summed E-state index contributed by atoms with van der Waals surface area (Å²) in [7, 11) is 0. The normalized spacial score (nSPS) is 37.6. The van der Waals surface area contributed by atoms with Crippen LogP contribution in [0.1, 0.15) is 0 Å². The van der Waals surface area contributed by atoms with E-state index in [9.17, 15) is 8.78 Å². The van der Waals surface area contributed by atoms with Crippen molar-refractivity contribution in [2.45, 2.75) is 24.3 Å². The van der Waals surface area contributed by atoms with E-state index in [-0.39, 0.29) is 10.6 Å². The number of aliphatic hydroxyl groups is 1. The van der Waals surface area contributed by atoms with Crippen molar-refractivity contribution >= 4 is 18.0 Å². The molecule has 1 aromatic rings.